The number of anilines is 1. The third-order valence-electron chi connectivity index (χ3n) is 2.89. The molecule has 2 aromatic rings. The molecule has 0 bridgehead atoms. The second-order valence-corrected chi connectivity index (χ2v) is 4.45. The molecule has 0 fully saturated rings. The van der Waals surface area contributed by atoms with Crippen molar-refractivity contribution < 1.29 is 4.92 Å². The first-order valence-corrected chi connectivity index (χ1v) is 5.88. The fraction of sp³-hybridized carbons (Fsp3) is 0.231. The molecule has 1 aromatic carbocycles. The molecule has 0 amide bonds. The summed E-state index contributed by atoms with van der Waals surface area (Å²) in [6.45, 7) is 0.476. The molecule has 2 rings (SSSR count). The second kappa shape index (κ2) is 5.40. The van der Waals surface area contributed by atoms with Crippen LogP contribution >= 0.6 is 0 Å². The Morgan fingerprint density at radius 3 is 2.85 bits per heavy atom. The summed E-state index contributed by atoms with van der Waals surface area (Å²) in [4.78, 5) is 12.3. The van der Waals surface area contributed by atoms with Gasteiger partial charge in [-0.1, -0.05) is 0 Å². The van der Waals surface area contributed by atoms with Crippen LogP contribution < -0.4 is 4.90 Å². The molecule has 0 N–H and O–H groups in total. The molecule has 0 aliphatic heterocycles. The van der Waals surface area contributed by atoms with E-state index in [4.69, 9.17) is 5.26 Å². The van der Waals surface area contributed by atoms with Gasteiger partial charge in [0.25, 0.3) is 5.69 Å². The van der Waals surface area contributed by atoms with Gasteiger partial charge in [0.2, 0.25) is 0 Å². The molecular weight excluding hydrogens is 258 g/mol. The fourth-order valence-corrected chi connectivity index (χ4v) is 1.97. The number of nitro benzene ring substituents is 1. The summed E-state index contributed by atoms with van der Waals surface area (Å²) in [5.41, 5.74) is 1.73. The van der Waals surface area contributed by atoms with Gasteiger partial charge in [-0.3, -0.25) is 14.8 Å². The van der Waals surface area contributed by atoms with E-state index in [2.05, 4.69) is 5.10 Å². The van der Waals surface area contributed by atoms with Gasteiger partial charge in [-0.15, -0.1) is 0 Å². The average molecular weight is 271 g/mol. The van der Waals surface area contributed by atoms with Crippen LogP contribution in [0.3, 0.4) is 0 Å². The van der Waals surface area contributed by atoms with Crippen LogP contribution in [-0.2, 0) is 13.6 Å². The van der Waals surface area contributed by atoms with E-state index >= 15 is 0 Å². The summed E-state index contributed by atoms with van der Waals surface area (Å²) in [5.74, 6) is 0. The predicted molar refractivity (Wildman–Crippen MR) is 73.1 cm³/mol. The maximum Gasteiger partial charge on any atom is 0.292 e. The highest BCUT2D eigenvalue weighted by molar-refractivity contribution is 5.65. The molecule has 0 saturated carbocycles. The molecule has 7 nitrogen and oxygen atoms in total. The van der Waals surface area contributed by atoms with Crippen LogP contribution in [0.15, 0.2) is 30.6 Å². The minimum atomic E-state index is -0.448. The number of hydrogen-bond acceptors (Lipinski definition) is 5. The molecule has 0 atom stereocenters. The van der Waals surface area contributed by atoms with Crippen molar-refractivity contribution in [3.63, 3.8) is 0 Å². The zero-order valence-electron chi connectivity index (χ0n) is 11.1. The quantitative estimate of drug-likeness (QED) is 0.625. The van der Waals surface area contributed by atoms with Gasteiger partial charge >= 0.3 is 0 Å². The average Bonchev–Trinajstić information content (AvgIpc) is 2.83. The third kappa shape index (κ3) is 2.75. The van der Waals surface area contributed by atoms with Gasteiger partial charge in [-0.25, -0.2) is 0 Å². The molecule has 0 spiro atoms. The molecule has 0 radical (unpaired) electrons. The Bertz CT molecular complexity index is 686. The standard InChI is InChI=1S/C13H13N5O2/c1-16(8-11-7-15-17(2)9-11)13-5-10(6-14)3-4-12(13)18(19)20/h3-5,7,9H,8H2,1-2H3. The van der Waals surface area contributed by atoms with Crippen LogP contribution in [0.5, 0.6) is 0 Å². The highest BCUT2D eigenvalue weighted by Gasteiger charge is 2.18. The summed E-state index contributed by atoms with van der Waals surface area (Å²) in [6, 6.07) is 6.31. The molecular formula is C13H13N5O2. The maximum atomic E-state index is 11.1. The zero-order valence-corrected chi connectivity index (χ0v) is 11.1. The van der Waals surface area contributed by atoms with Crippen LogP contribution in [0.1, 0.15) is 11.1 Å². The summed E-state index contributed by atoms with van der Waals surface area (Å²) in [5, 5.41) is 24.0. The first-order chi connectivity index (χ1) is 9.51. The Balaban J connectivity index is 2.34. The van der Waals surface area contributed by atoms with Crippen molar-refractivity contribution in [3.05, 3.63) is 51.8 Å². The first kappa shape index (κ1) is 13.5. The SMILES string of the molecule is CN(Cc1cnn(C)c1)c1cc(C#N)ccc1[N+](=O)[O-]. The zero-order chi connectivity index (χ0) is 14.7. The normalized spacial score (nSPS) is 10.1. The van der Waals surface area contributed by atoms with E-state index in [0.29, 0.717) is 17.8 Å². The van der Waals surface area contributed by atoms with Gasteiger partial charge in [0.1, 0.15) is 5.69 Å². The highest BCUT2D eigenvalue weighted by Crippen LogP contribution is 2.29. The largest absolute Gasteiger partial charge is 0.365 e. The first-order valence-electron chi connectivity index (χ1n) is 5.88. The minimum Gasteiger partial charge on any atom is -0.365 e. The van der Waals surface area contributed by atoms with Crippen molar-refractivity contribution in [2.24, 2.45) is 7.05 Å². The van der Waals surface area contributed by atoms with Crippen LogP contribution in [0.4, 0.5) is 11.4 Å². The molecule has 20 heavy (non-hydrogen) atoms. The van der Waals surface area contributed by atoms with Gasteiger partial charge in [0.15, 0.2) is 0 Å². The second-order valence-electron chi connectivity index (χ2n) is 4.45. The Hall–Kier alpha value is -2.88. The van der Waals surface area contributed by atoms with Crippen molar-refractivity contribution in [1.29, 1.82) is 5.26 Å². The Kier molecular flexibility index (Phi) is 3.66. The lowest BCUT2D eigenvalue weighted by Gasteiger charge is -2.18. The highest BCUT2D eigenvalue weighted by atomic mass is 16.6. The molecule has 0 aliphatic carbocycles. The summed E-state index contributed by atoms with van der Waals surface area (Å²) in [7, 11) is 3.55. The van der Waals surface area contributed by atoms with Crippen LogP contribution in [0.25, 0.3) is 0 Å². The van der Waals surface area contributed by atoms with Crippen LogP contribution in [-0.4, -0.2) is 21.8 Å². The van der Waals surface area contributed by atoms with Crippen molar-refractivity contribution in [2.45, 2.75) is 6.54 Å². The number of aromatic nitrogens is 2. The summed E-state index contributed by atoms with van der Waals surface area (Å²) < 4.78 is 1.67. The number of aryl methyl sites for hydroxylation is 1. The van der Waals surface area contributed by atoms with Gasteiger partial charge < -0.3 is 4.90 Å². The van der Waals surface area contributed by atoms with Crippen molar-refractivity contribution in [2.75, 3.05) is 11.9 Å². The molecule has 7 heteroatoms. The number of nitrogens with zero attached hydrogens (tertiary/aromatic N) is 5. The van der Waals surface area contributed by atoms with Gasteiger partial charge in [0.05, 0.1) is 22.8 Å². The number of hydrogen-bond donors (Lipinski definition) is 0. The van der Waals surface area contributed by atoms with Crippen molar-refractivity contribution >= 4 is 11.4 Å². The monoisotopic (exact) mass is 271 g/mol. The molecule has 0 saturated heterocycles. The Morgan fingerprint density at radius 2 is 2.30 bits per heavy atom. The van der Waals surface area contributed by atoms with E-state index in [1.807, 2.05) is 19.3 Å². The lowest BCUT2D eigenvalue weighted by atomic mass is 10.1. The minimum absolute atomic E-state index is 0.0182. The summed E-state index contributed by atoms with van der Waals surface area (Å²) >= 11 is 0. The topological polar surface area (TPSA) is 88.0 Å². The third-order valence-corrected chi connectivity index (χ3v) is 2.89. The van der Waals surface area contributed by atoms with Crippen LogP contribution in [0.2, 0.25) is 0 Å². The van der Waals surface area contributed by atoms with E-state index in [0.717, 1.165) is 5.56 Å². The molecule has 102 valence electrons. The van der Waals surface area contributed by atoms with E-state index in [1.54, 1.807) is 22.8 Å². The molecule has 0 unspecified atom stereocenters. The molecule has 1 heterocycles. The Morgan fingerprint density at radius 1 is 1.55 bits per heavy atom. The Labute approximate surface area is 115 Å². The van der Waals surface area contributed by atoms with Gasteiger partial charge in [0, 0.05) is 38.5 Å². The van der Waals surface area contributed by atoms with E-state index in [1.165, 1.54) is 18.2 Å². The number of rotatable bonds is 4. The van der Waals surface area contributed by atoms with Crippen molar-refractivity contribution in [3.8, 4) is 6.07 Å². The van der Waals surface area contributed by atoms with Crippen LogP contribution in [0, 0.1) is 21.4 Å². The van der Waals surface area contributed by atoms with Gasteiger partial charge in [-0.2, -0.15) is 10.4 Å². The van der Waals surface area contributed by atoms with Gasteiger partial charge in [-0.05, 0) is 12.1 Å². The lowest BCUT2D eigenvalue weighted by Crippen LogP contribution is -2.17. The number of nitriles is 1. The van der Waals surface area contributed by atoms with E-state index in [9.17, 15) is 10.1 Å². The molecule has 0 aliphatic rings. The molecule has 1 aromatic heterocycles. The smallest absolute Gasteiger partial charge is 0.292 e. The maximum absolute atomic E-state index is 11.1. The van der Waals surface area contributed by atoms with E-state index < -0.39 is 4.92 Å². The summed E-state index contributed by atoms with van der Waals surface area (Å²) in [6.07, 6.45) is 3.55. The predicted octanol–water partition coefficient (Wildman–Crippen LogP) is 1.84. The number of nitro groups is 1. The van der Waals surface area contributed by atoms with Crippen molar-refractivity contribution in [1.82, 2.24) is 9.78 Å². The van der Waals surface area contributed by atoms with E-state index in [-0.39, 0.29) is 5.69 Å². The fourth-order valence-electron chi connectivity index (χ4n) is 1.97. The lowest BCUT2D eigenvalue weighted by molar-refractivity contribution is -0.384. The number of benzene rings is 1.